The molecule has 0 amide bonds. The molecular formula is C14H20N2O3. The highest BCUT2D eigenvalue weighted by Gasteiger charge is 2.13. The van der Waals surface area contributed by atoms with Crippen molar-refractivity contribution in [2.45, 2.75) is 13.0 Å². The van der Waals surface area contributed by atoms with E-state index < -0.39 is 5.97 Å². The third-order valence-electron chi connectivity index (χ3n) is 3.16. The lowest BCUT2D eigenvalue weighted by Crippen LogP contribution is -2.42. The van der Waals surface area contributed by atoms with Crippen LogP contribution in [0, 0.1) is 0 Å². The lowest BCUT2D eigenvalue weighted by atomic mass is 10.2. The number of morpholine rings is 1. The van der Waals surface area contributed by atoms with Crippen LogP contribution in [0.25, 0.3) is 0 Å². The second-order valence-corrected chi connectivity index (χ2v) is 4.84. The van der Waals surface area contributed by atoms with Gasteiger partial charge in [0.2, 0.25) is 0 Å². The number of nitrogens with zero attached hydrogens (tertiary/aromatic N) is 1. The minimum atomic E-state index is -0.899. The Bertz CT molecular complexity index is 430. The second kappa shape index (κ2) is 6.54. The second-order valence-electron chi connectivity index (χ2n) is 4.84. The lowest BCUT2D eigenvalue weighted by molar-refractivity contribution is 0.0368. The van der Waals surface area contributed by atoms with Crippen LogP contribution < -0.4 is 5.32 Å². The molecule has 1 heterocycles. The van der Waals surface area contributed by atoms with Crippen LogP contribution >= 0.6 is 0 Å². The van der Waals surface area contributed by atoms with Gasteiger partial charge >= 0.3 is 5.97 Å². The fraction of sp³-hybridized carbons (Fsp3) is 0.500. The summed E-state index contributed by atoms with van der Waals surface area (Å²) in [6, 6.07) is 7.18. The Morgan fingerprint density at radius 1 is 1.47 bits per heavy atom. The smallest absolute Gasteiger partial charge is 0.335 e. The van der Waals surface area contributed by atoms with Crippen LogP contribution in [0.3, 0.4) is 0 Å². The summed E-state index contributed by atoms with van der Waals surface area (Å²) in [5.41, 5.74) is 1.16. The van der Waals surface area contributed by atoms with E-state index in [0.717, 1.165) is 38.5 Å². The Hall–Kier alpha value is -1.59. The summed E-state index contributed by atoms with van der Waals surface area (Å²) in [5.74, 6) is -0.899. The van der Waals surface area contributed by atoms with Crippen molar-refractivity contribution in [3.8, 4) is 0 Å². The van der Waals surface area contributed by atoms with Gasteiger partial charge in [0.1, 0.15) is 0 Å². The molecule has 0 aromatic heterocycles. The Balaban J connectivity index is 1.88. The van der Waals surface area contributed by atoms with Crippen molar-refractivity contribution < 1.29 is 14.6 Å². The number of aromatic carboxylic acids is 1. The van der Waals surface area contributed by atoms with Gasteiger partial charge in [-0.15, -0.1) is 0 Å². The Kier molecular flexibility index (Phi) is 4.76. The van der Waals surface area contributed by atoms with Crippen LogP contribution in [0.2, 0.25) is 0 Å². The zero-order chi connectivity index (χ0) is 13.7. The first kappa shape index (κ1) is 13.8. The van der Waals surface area contributed by atoms with E-state index in [4.69, 9.17) is 9.84 Å². The van der Waals surface area contributed by atoms with E-state index in [0.29, 0.717) is 5.56 Å². The SMILES string of the molecule is CC(CN1CCOCC1)Nc1cccc(C(=O)O)c1. The summed E-state index contributed by atoms with van der Waals surface area (Å²) in [6.45, 7) is 6.54. The summed E-state index contributed by atoms with van der Waals surface area (Å²) in [6.07, 6.45) is 0. The monoisotopic (exact) mass is 264 g/mol. The van der Waals surface area contributed by atoms with Crippen molar-refractivity contribution in [1.82, 2.24) is 4.90 Å². The molecule has 1 aliphatic rings. The van der Waals surface area contributed by atoms with Crippen LogP contribution in [-0.2, 0) is 4.74 Å². The molecule has 1 aromatic carbocycles. The maximum atomic E-state index is 10.9. The summed E-state index contributed by atoms with van der Waals surface area (Å²) in [4.78, 5) is 13.3. The van der Waals surface area contributed by atoms with Gasteiger partial charge in [-0.1, -0.05) is 6.07 Å². The molecule has 5 nitrogen and oxygen atoms in total. The van der Waals surface area contributed by atoms with E-state index >= 15 is 0 Å². The minimum Gasteiger partial charge on any atom is -0.478 e. The van der Waals surface area contributed by atoms with Gasteiger partial charge in [-0.3, -0.25) is 4.90 Å². The van der Waals surface area contributed by atoms with E-state index in [1.807, 2.05) is 6.07 Å². The molecule has 1 fully saturated rings. The standard InChI is InChI=1S/C14H20N2O3/c1-11(10-16-5-7-19-8-6-16)15-13-4-2-3-12(9-13)14(17)18/h2-4,9,11,15H,5-8,10H2,1H3,(H,17,18). The average Bonchev–Trinajstić information content (AvgIpc) is 2.40. The minimum absolute atomic E-state index is 0.266. The van der Waals surface area contributed by atoms with E-state index in [-0.39, 0.29) is 6.04 Å². The number of benzene rings is 1. The van der Waals surface area contributed by atoms with Crippen molar-refractivity contribution in [3.63, 3.8) is 0 Å². The number of rotatable bonds is 5. The average molecular weight is 264 g/mol. The maximum absolute atomic E-state index is 10.9. The molecule has 1 aromatic rings. The molecule has 2 N–H and O–H groups in total. The first-order chi connectivity index (χ1) is 9.15. The summed E-state index contributed by atoms with van der Waals surface area (Å²) < 4.78 is 5.31. The van der Waals surface area contributed by atoms with Crippen LogP contribution in [0.15, 0.2) is 24.3 Å². The van der Waals surface area contributed by atoms with Gasteiger partial charge in [-0.2, -0.15) is 0 Å². The van der Waals surface area contributed by atoms with Gasteiger partial charge in [-0.25, -0.2) is 4.79 Å². The highest BCUT2D eigenvalue weighted by molar-refractivity contribution is 5.88. The summed E-state index contributed by atoms with van der Waals surface area (Å²) in [7, 11) is 0. The maximum Gasteiger partial charge on any atom is 0.335 e. The first-order valence-electron chi connectivity index (χ1n) is 6.55. The number of ether oxygens (including phenoxy) is 1. The number of carboxylic acid groups (broad SMARTS) is 1. The van der Waals surface area contributed by atoms with Crippen molar-refractivity contribution in [1.29, 1.82) is 0 Å². The number of carbonyl (C=O) groups is 1. The molecule has 2 rings (SSSR count). The number of hydrogen-bond donors (Lipinski definition) is 2. The van der Waals surface area contributed by atoms with Crippen molar-refractivity contribution in [3.05, 3.63) is 29.8 Å². The molecule has 0 radical (unpaired) electrons. The molecule has 0 saturated carbocycles. The number of carboxylic acids is 1. The molecule has 0 spiro atoms. The van der Waals surface area contributed by atoms with Crippen LogP contribution in [0.5, 0.6) is 0 Å². The molecule has 1 saturated heterocycles. The molecule has 0 aliphatic carbocycles. The van der Waals surface area contributed by atoms with Crippen molar-refractivity contribution in [2.75, 3.05) is 38.2 Å². The molecule has 1 unspecified atom stereocenters. The Morgan fingerprint density at radius 3 is 2.89 bits per heavy atom. The first-order valence-corrected chi connectivity index (χ1v) is 6.55. The summed E-state index contributed by atoms with van der Waals surface area (Å²) >= 11 is 0. The van der Waals surface area contributed by atoms with Gasteiger partial charge < -0.3 is 15.2 Å². The summed E-state index contributed by atoms with van der Waals surface area (Å²) in [5, 5.41) is 12.3. The van der Waals surface area contributed by atoms with Gasteiger partial charge in [0.15, 0.2) is 0 Å². The fourth-order valence-corrected chi connectivity index (χ4v) is 2.24. The van der Waals surface area contributed by atoms with Crippen LogP contribution in [0.4, 0.5) is 5.69 Å². The zero-order valence-electron chi connectivity index (χ0n) is 11.1. The van der Waals surface area contributed by atoms with Gasteiger partial charge in [0.25, 0.3) is 0 Å². The molecule has 19 heavy (non-hydrogen) atoms. The molecule has 1 atom stereocenters. The quantitative estimate of drug-likeness (QED) is 0.844. The van der Waals surface area contributed by atoms with E-state index in [2.05, 4.69) is 17.1 Å². The third-order valence-corrected chi connectivity index (χ3v) is 3.16. The molecular weight excluding hydrogens is 244 g/mol. The predicted molar refractivity (Wildman–Crippen MR) is 73.7 cm³/mol. The third kappa shape index (κ3) is 4.22. The van der Waals surface area contributed by atoms with Crippen molar-refractivity contribution in [2.24, 2.45) is 0 Å². The van der Waals surface area contributed by atoms with E-state index in [1.54, 1.807) is 18.2 Å². The fourth-order valence-electron chi connectivity index (χ4n) is 2.24. The molecule has 5 heteroatoms. The molecule has 0 bridgehead atoms. The zero-order valence-corrected chi connectivity index (χ0v) is 11.1. The molecule has 104 valence electrons. The normalized spacial score (nSPS) is 17.9. The number of anilines is 1. The van der Waals surface area contributed by atoms with Crippen LogP contribution in [-0.4, -0.2) is 54.9 Å². The largest absolute Gasteiger partial charge is 0.478 e. The highest BCUT2D eigenvalue weighted by Crippen LogP contribution is 2.12. The topological polar surface area (TPSA) is 61.8 Å². The predicted octanol–water partition coefficient (Wildman–Crippen LogP) is 1.52. The number of hydrogen-bond acceptors (Lipinski definition) is 4. The highest BCUT2D eigenvalue weighted by atomic mass is 16.5. The molecule has 1 aliphatic heterocycles. The van der Waals surface area contributed by atoms with Crippen LogP contribution in [0.1, 0.15) is 17.3 Å². The van der Waals surface area contributed by atoms with E-state index in [1.165, 1.54) is 0 Å². The van der Waals surface area contributed by atoms with Gasteiger partial charge in [0.05, 0.1) is 18.8 Å². The van der Waals surface area contributed by atoms with Crippen molar-refractivity contribution >= 4 is 11.7 Å². The lowest BCUT2D eigenvalue weighted by Gasteiger charge is -2.29. The number of nitrogens with one attached hydrogen (secondary N) is 1. The Labute approximate surface area is 113 Å². The van der Waals surface area contributed by atoms with E-state index in [9.17, 15) is 4.79 Å². The Morgan fingerprint density at radius 2 is 2.21 bits per heavy atom. The van der Waals surface area contributed by atoms with Gasteiger partial charge in [0, 0.05) is 31.4 Å². The van der Waals surface area contributed by atoms with Gasteiger partial charge in [-0.05, 0) is 25.1 Å².